The maximum Gasteiger partial charge on any atom is 0.0868 e. The number of hydrogen-bond acceptors (Lipinski definition) is 2. The molecule has 2 nitrogen and oxygen atoms in total. The van der Waals surface area contributed by atoms with Crippen LogP contribution in [0.4, 0.5) is 5.69 Å². The van der Waals surface area contributed by atoms with E-state index in [2.05, 4.69) is 39.4 Å². The molecule has 1 aromatic carbocycles. The Morgan fingerprint density at radius 3 is 3.00 bits per heavy atom. The molecular weight excluding hydrogens is 264 g/mol. The van der Waals surface area contributed by atoms with Crippen molar-refractivity contribution in [2.75, 3.05) is 12.4 Å². The quantitative estimate of drug-likeness (QED) is 0.862. The molecule has 1 heterocycles. The van der Waals surface area contributed by atoms with Gasteiger partial charge in [-0.05, 0) is 46.8 Å². The first-order chi connectivity index (χ1) is 7.81. The van der Waals surface area contributed by atoms with Gasteiger partial charge in [0.2, 0.25) is 0 Å². The summed E-state index contributed by atoms with van der Waals surface area (Å²) in [5.74, 6) is 0. The molecule has 0 aliphatic heterocycles. The zero-order valence-corrected chi connectivity index (χ0v) is 10.8. The van der Waals surface area contributed by atoms with Crippen LogP contribution in [-0.4, -0.2) is 12.0 Å². The predicted octanol–water partition coefficient (Wildman–Crippen LogP) is 3.53. The normalized spacial score (nSPS) is 14.1. The summed E-state index contributed by atoms with van der Waals surface area (Å²) in [5, 5.41) is 4.56. The number of nitrogens with one attached hydrogen (secondary N) is 1. The monoisotopic (exact) mass is 276 g/mol. The maximum atomic E-state index is 4.78. The van der Waals surface area contributed by atoms with Crippen molar-refractivity contribution in [3.63, 3.8) is 0 Å². The summed E-state index contributed by atoms with van der Waals surface area (Å²) in [5.41, 5.74) is 5.02. The van der Waals surface area contributed by atoms with E-state index in [1.807, 2.05) is 7.05 Å². The Labute approximate surface area is 103 Å². The van der Waals surface area contributed by atoms with Crippen molar-refractivity contribution in [1.82, 2.24) is 4.98 Å². The second-order valence-electron chi connectivity index (χ2n) is 4.15. The second kappa shape index (κ2) is 3.74. The number of nitrogens with zero attached hydrogens (tertiary/aromatic N) is 1. The summed E-state index contributed by atoms with van der Waals surface area (Å²) >= 11 is 3.58. The Kier molecular flexibility index (Phi) is 2.36. The van der Waals surface area contributed by atoms with Crippen LogP contribution in [0.5, 0.6) is 0 Å². The largest absolute Gasteiger partial charge is 0.387 e. The molecule has 16 heavy (non-hydrogen) atoms. The predicted molar refractivity (Wildman–Crippen MR) is 71.0 cm³/mol. The number of aryl methyl sites for hydroxylation is 1. The average molecular weight is 277 g/mol. The number of aromatic nitrogens is 1. The molecule has 1 aliphatic carbocycles. The number of rotatable bonds is 1. The van der Waals surface area contributed by atoms with Gasteiger partial charge in [-0.2, -0.15) is 0 Å². The second-order valence-corrected chi connectivity index (χ2v) is 5.01. The molecule has 0 radical (unpaired) electrons. The van der Waals surface area contributed by atoms with Gasteiger partial charge in [0.05, 0.1) is 5.52 Å². The van der Waals surface area contributed by atoms with E-state index in [-0.39, 0.29) is 0 Å². The van der Waals surface area contributed by atoms with Crippen molar-refractivity contribution in [3.05, 3.63) is 33.9 Å². The van der Waals surface area contributed by atoms with Gasteiger partial charge in [0.25, 0.3) is 0 Å². The van der Waals surface area contributed by atoms with Crippen LogP contribution in [0.2, 0.25) is 0 Å². The lowest BCUT2D eigenvalue weighted by Crippen LogP contribution is -1.99. The molecule has 1 N–H and O–H groups in total. The maximum absolute atomic E-state index is 4.78. The topological polar surface area (TPSA) is 24.9 Å². The molecule has 3 rings (SSSR count). The molecule has 3 heteroatoms. The van der Waals surface area contributed by atoms with Gasteiger partial charge in [-0.25, -0.2) is 0 Å². The number of halogens is 1. The van der Waals surface area contributed by atoms with E-state index >= 15 is 0 Å². The van der Waals surface area contributed by atoms with E-state index in [0.29, 0.717) is 0 Å². The van der Waals surface area contributed by atoms with E-state index in [9.17, 15) is 0 Å². The van der Waals surface area contributed by atoms with Crippen molar-refractivity contribution in [1.29, 1.82) is 0 Å². The van der Waals surface area contributed by atoms with Crippen LogP contribution in [-0.2, 0) is 12.8 Å². The van der Waals surface area contributed by atoms with Crippen molar-refractivity contribution in [3.8, 4) is 0 Å². The average Bonchev–Trinajstić information content (AvgIpc) is 2.75. The van der Waals surface area contributed by atoms with Crippen LogP contribution < -0.4 is 5.32 Å². The minimum absolute atomic E-state index is 1.08. The Morgan fingerprint density at radius 1 is 1.31 bits per heavy atom. The van der Waals surface area contributed by atoms with Crippen molar-refractivity contribution < 1.29 is 0 Å². The zero-order chi connectivity index (χ0) is 11.1. The number of pyridine rings is 1. The summed E-state index contributed by atoms with van der Waals surface area (Å²) in [6, 6.07) is 6.25. The molecule has 1 aromatic heterocycles. The smallest absolute Gasteiger partial charge is 0.0868 e. The van der Waals surface area contributed by atoms with E-state index in [4.69, 9.17) is 4.98 Å². The summed E-state index contributed by atoms with van der Waals surface area (Å²) in [4.78, 5) is 4.78. The summed E-state index contributed by atoms with van der Waals surface area (Å²) < 4.78 is 1.08. The zero-order valence-electron chi connectivity index (χ0n) is 9.18. The van der Waals surface area contributed by atoms with Gasteiger partial charge in [-0.3, -0.25) is 4.98 Å². The first kappa shape index (κ1) is 10.1. The number of fused-ring (bicyclic) bond motifs is 2. The fourth-order valence-corrected chi connectivity index (χ4v) is 2.99. The molecule has 0 spiro atoms. The summed E-state index contributed by atoms with van der Waals surface area (Å²) in [6.45, 7) is 0. The molecule has 1 aliphatic rings. The van der Waals surface area contributed by atoms with Crippen LogP contribution >= 0.6 is 15.9 Å². The van der Waals surface area contributed by atoms with Crippen LogP contribution in [0.3, 0.4) is 0 Å². The van der Waals surface area contributed by atoms with Crippen LogP contribution in [0, 0.1) is 0 Å². The van der Waals surface area contributed by atoms with E-state index in [1.165, 1.54) is 28.8 Å². The highest BCUT2D eigenvalue weighted by atomic mass is 79.9. The van der Waals surface area contributed by atoms with Gasteiger partial charge < -0.3 is 5.32 Å². The number of hydrogen-bond donors (Lipinski definition) is 1. The number of para-hydroxylation sites is 1. The Morgan fingerprint density at radius 2 is 2.19 bits per heavy atom. The lowest BCUT2D eigenvalue weighted by Gasteiger charge is -2.12. The highest BCUT2D eigenvalue weighted by Crippen LogP contribution is 2.35. The van der Waals surface area contributed by atoms with Crippen LogP contribution in [0.1, 0.15) is 17.7 Å². The van der Waals surface area contributed by atoms with Gasteiger partial charge in [-0.15, -0.1) is 0 Å². The number of anilines is 1. The van der Waals surface area contributed by atoms with Gasteiger partial charge in [-0.1, -0.05) is 12.1 Å². The van der Waals surface area contributed by atoms with Gasteiger partial charge in [0.15, 0.2) is 0 Å². The van der Waals surface area contributed by atoms with Crippen molar-refractivity contribution >= 4 is 32.5 Å². The van der Waals surface area contributed by atoms with Gasteiger partial charge in [0.1, 0.15) is 0 Å². The molecular formula is C13H13BrN2. The fourth-order valence-electron chi connectivity index (χ4n) is 2.53. The van der Waals surface area contributed by atoms with E-state index in [1.54, 1.807) is 0 Å². The minimum atomic E-state index is 1.08. The molecule has 2 aromatic rings. The van der Waals surface area contributed by atoms with Crippen molar-refractivity contribution in [2.24, 2.45) is 0 Å². The molecule has 0 saturated heterocycles. The first-order valence-electron chi connectivity index (χ1n) is 5.59. The van der Waals surface area contributed by atoms with Gasteiger partial charge in [0, 0.05) is 28.3 Å². The van der Waals surface area contributed by atoms with E-state index in [0.717, 1.165) is 22.8 Å². The first-order valence-corrected chi connectivity index (χ1v) is 6.38. The molecule has 0 amide bonds. The minimum Gasteiger partial charge on any atom is -0.387 e. The summed E-state index contributed by atoms with van der Waals surface area (Å²) in [7, 11) is 1.99. The Balaban J connectivity index is 2.44. The van der Waals surface area contributed by atoms with Gasteiger partial charge >= 0.3 is 0 Å². The number of benzene rings is 1. The third-order valence-electron chi connectivity index (χ3n) is 3.24. The lowest BCUT2D eigenvalue weighted by molar-refractivity contribution is 0.901. The van der Waals surface area contributed by atoms with E-state index < -0.39 is 0 Å². The Hall–Kier alpha value is -1.09. The highest BCUT2D eigenvalue weighted by Gasteiger charge is 2.19. The molecule has 0 unspecified atom stereocenters. The fraction of sp³-hybridized carbons (Fsp3) is 0.308. The highest BCUT2D eigenvalue weighted by molar-refractivity contribution is 9.10. The molecule has 0 fully saturated rings. The summed E-state index contributed by atoms with van der Waals surface area (Å²) in [6.07, 6.45) is 3.49. The molecule has 82 valence electrons. The molecule has 0 bridgehead atoms. The van der Waals surface area contributed by atoms with Crippen LogP contribution in [0.25, 0.3) is 10.9 Å². The molecule has 0 atom stereocenters. The lowest BCUT2D eigenvalue weighted by atomic mass is 10.1. The van der Waals surface area contributed by atoms with Crippen molar-refractivity contribution in [2.45, 2.75) is 19.3 Å². The third kappa shape index (κ3) is 1.34. The molecule has 0 saturated carbocycles. The SMILES string of the molecule is CNc1c2c(nc3c(Br)cccc13)CCC2. The Bertz CT molecular complexity index is 563. The standard InChI is InChI=1S/C13H13BrN2/c1-15-12-8-4-3-7-11(8)16-13-9(12)5-2-6-10(13)14/h2,5-6H,3-4,7H2,1H3,(H,15,16). The third-order valence-corrected chi connectivity index (χ3v) is 3.88. The van der Waals surface area contributed by atoms with Crippen LogP contribution in [0.15, 0.2) is 22.7 Å².